The van der Waals surface area contributed by atoms with Crippen molar-refractivity contribution in [3.63, 3.8) is 0 Å². The van der Waals surface area contributed by atoms with Crippen LogP contribution >= 0.6 is 0 Å². The molecule has 2 bridgehead atoms. The summed E-state index contributed by atoms with van der Waals surface area (Å²) >= 11 is 0. The second-order valence-corrected chi connectivity index (χ2v) is 9.85. The minimum atomic E-state index is -4.83. The van der Waals surface area contributed by atoms with Gasteiger partial charge < -0.3 is 15.2 Å². The van der Waals surface area contributed by atoms with Gasteiger partial charge in [0.2, 0.25) is 0 Å². The molecule has 2 unspecified atom stereocenters. The van der Waals surface area contributed by atoms with Crippen LogP contribution < -0.4 is 10.5 Å². The van der Waals surface area contributed by atoms with Crippen molar-refractivity contribution in [2.45, 2.75) is 55.6 Å². The molecular weight excluding hydrogens is 423 g/mol. The van der Waals surface area contributed by atoms with Gasteiger partial charge in [-0.2, -0.15) is 5.10 Å². The van der Waals surface area contributed by atoms with Crippen LogP contribution in [0.3, 0.4) is 0 Å². The number of nitrogens with zero attached hydrogens (tertiary/aromatic N) is 4. The molecule has 170 valence electrons. The van der Waals surface area contributed by atoms with E-state index in [-0.39, 0.29) is 11.2 Å². The highest BCUT2D eigenvalue weighted by atomic mass is 19.4. The monoisotopic (exact) mass is 447 g/mol. The Morgan fingerprint density at radius 1 is 1.16 bits per heavy atom. The fourth-order valence-corrected chi connectivity index (χ4v) is 6.73. The van der Waals surface area contributed by atoms with Crippen molar-refractivity contribution in [2.24, 2.45) is 11.8 Å². The Morgan fingerprint density at radius 2 is 1.94 bits per heavy atom. The lowest BCUT2D eigenvalue weighted by atomic mass is 10.0. The van der Waals surface area contributed by atoms with Crippen molar-refractivity contribution in [3.05, 3.63) is 24.0 Å². The third-order valence-electron chi connectivity index (χ3n) is 8.32. The topological polar surface area (TPSA) is 78.4 Å². The molecule has 6 fully saturated rings. The van der Waals surface area contributed by atoms with Crippen molar-refractivity contribution >= 4 is 5.82 Å². The van der Waals surface area contributed by atoms with Crippen molar-refractivity contribution in [3.8, 4) is 17.0 Å². The lowest BCUT2D eigenvalue weighted by Crippen LogP contribution is -2.48. The molecule has 0 aromatic carbocycles. The van der Waals surface area contributed by atoms with Gasteiger partial charge in [-0.15, -0.1) is 13.2 Å². The van der Waals surface area contributed by atoms with Crippen LogP contribution in [-0.4, -0.2) is 57.9 Å². The first-order valence-electron chi connectivity index (χ1n) is 11.3. The normalized spacial score (nSPS) is 33.9. The maximum atomic E-state index is 12.8. The highest BCUT2D eigenvalue weighted by Crippen LogP contribution is 2.86. The molecule has 5 heterocycles. The largest absolute Gasteiger partial charge is 0.573 e. The first-order valence-corrected chi connectivity index (χ1v) is 11.3. The number of pyridine rings is 1. The molecule has 0 amide bonds. The second kappa shape index (κ2) is 6.17. The Labute approximate surface area is 182 Å². The lowest BCUT2D eigenvalue weighted by molar-refractivity contribution is -0.274. The summed E-state index contributed by atoms with van der Waals surface area (Å²) in [5.74, 6) is 0.561. The summed E-state index contributed by atoms with van der Waals surface area (Å²) in [6, 6.07) is 4.81. The van der Waals surface area contributed by atoms with E-state index in [4.69, 9.17) is 15.6 Å². The Bertz CT molecular complexity index is 1090. The van der Waals surface area contributed by atoms with Gasteiger partial charge in [-0.1, -0.05) is 12.8 Å². The number of anilines is 1. The Kier molecular flexibility index (Phi) is 3.69. The molecule has 3 saturated heterocycles. The van der Waals surface area contributed by atoms with E-state index in [1.165, 1.54) is 30.8 Å². The molecule has 2 aromatic rings. The second-order valence-electron chi connectivity index (χ2n) is 9.85. The molecule has 3 aliphatic carbocycles. The van der Waals surface area contributed by atoms with Crippen molar-refractivity contribution in [2.75, 3.05) is 25.5 Å². The minimum absolute atomic E-state index is 0.163. The van der Waals surface area contributed by atoms with E-state index in [9.17, 15) is 13.2 Å². The molecule has 6 aliphatic rings. The maximum absolute atomic E-state index is 12.8. The van der Waals surface area contributed by atoms with E-state index >= 15 is 0 Å². The molecule has 3 aliphatic heterocycles. The van der Waals surface area contributed by atoms with Gasteiger partial charge in [0.25, 0.3) is 0 Å². The highest BCUT2D eigenvalue weighted by molar-refractivity contribution is 5.67. The molecule has 7 nitrogen and oxygen atoms in total. The van der Waals surface area contributed by atoms with E-state index < -0.39 is 12.1 Å². The van der Waals surface area contributed by atoms with Crippen LogP contribution in [-0.2, 0) is 10.2 Å². The lowest BCUT2D eigenvalue weighted by Gasteiger charge is -2.34. The zero-order chi connectivity index (χ0) is 21.8. The number of ether oxygens (including phenoxy) is 2. The number of halogens is 3. The van der Waals surface area contributed by atoms with Crippen LogP contribution in [0.4, 0.5) is 19.0 Å². The van der Waals surface area contributed by atoms with Gasteiger partial charge in [-0.05, 0) is 36.8 Å². The molecule has 10 heteroatoms. The number of piperidine rings is 1. The van der Waals surface area contributed by atoms with Crippen molar-refractivity contribution < 1.29 is 22.6 Å². The van der Waals surface area contributed by atoms with Crippen LogP contribution in [0.15, 0.2) is 18.3 Å². The molecule has 0 spiro atoms. The zero-order valence-corrected chi connectivity index (χ0v) is 17.4. The number of nitrogens with two attached hydrogens (primary N) is 1. The van der Waals surface area contributed by atoms with Gasteiger partial charge >= 0.3 is 6.36 Å². The van der Waals surface area contributed by atoms with Crippen LogP contribution in [0.1, 0.15) is 37.4 Å². The van der Waals surface area contributed by atoms with Gasteiger partial charge in [0.05, 0.1) is 31.0 Å². The van der Waals surface area contributed by atoms with Crippen molar-refractivity contribution in [1.29, 1.82) is 0 Å². The first-order chi connectivity index (χ1) is 15.4. The number of aromatic nitrogens is 3. The smallest absolute Gasteiger partial charge is 0.402 e. The molecule has 32 heavy (non-hydrogen) atoms. The first kappa shape index (κ1) is 19.2. The summed E-state index contributed by atoms with van der Waals surface area (Å²) in [4.78, 5) is 6.56. The standard InChI is InChI=1S/C22H24F3N5O2/c23-22(24,25)32-16-5-11(7-27-20(16)26)15-6-17(30(28-15)12-3-1-2-4-12)21-14-8-29(13-9-31-10-13)19(21)18(14)21/h5-7,12-14,18-19H,1-4,8-10H2,(H2,26,27)/t14-,18?,19?,21-/m0/s1. The molecule has 3 saturated carbocycles. The molecule has 4 atom stereocenters. The molecule has 0 radical (unpaired) electrons. The Balaban J connectivity index is 1.26. The molecular formula is C22H24F3N5O2. The quantitative estimate of drug-likeness (QED) is 0.759. The average Bonchev–Trinajstić information content (AvgIpc) is 3.19. The van der Waals surface area contributed by atoms with Gasteiger partial charge in [0, 0.05) is 35.5 Å². The van der Waals surface area contributed by atoms with Gasteiger partial charge in [-0.25, -0.2) is 4.98 Å². The molecule has 8 rings (SSSR count). The van der Waals surface area contributed by atoms with Crippen LogP contribution in [0.2, 0.25) is 0 Å². The fraction of sp³-hybridized carbons (Fsp3) is 0.636. The van der Waals surface area contributed by atoms with Crippen LogP contribution in [0.25, 0.3) is 11.3 Å². The van der Waals surface area contributed by atoms with Gasteiger partial charge in [0.1, 0.15) is 0 Å². The predicted molar refractivity (Wildman–Crippen MR) is 108 cm³/mol. The van der Waals surface area contributed by atoms with E-state index in [1.54, 1.807) is 0 Å². The summed E-state index contributed by atoms with van der Waals surface area (Å²) < 4.78 is 50.1. The van der Waals surface area contributed by atoms with Crippen LogP contribution in [0, 0.1) is 11.8 Å². The maximum Gasteiger partial charge on any atom is 0.573 e. The fourth-order valence-electron chi connectivity index (χ4n) is 6.73. The number of fused-ring (bicyclic) bond motifs is 1. The Morgan fingerprint density at radius 3 is 2.59 bits per heavy atom. The molecule has 2 N–H and O–H groups in total. The van der Waals surface area contributed by atoms with E-state index in [1.807, 2.05) is 0 Å². The van der Waals surface area contributed by atoms with Crippen molar-refractivity contribution in [1.82, 2.24) is 19.7 Å². The number of alkyl halides is 3. The zero-order valence-electron chi connectivity index (χ0n) is 17.4. The summed E-state index contributed by atoms with van der Waals surface area (Å²) in [5, 5.41) is 4.92. The summed E-state index contributed by atoms with van der Waals surface area (Å²) in [6.07, 6.45) is 1.19. The van der Waals surface area contributed by atoms with Gasteiger partial charge in [-0.3, -0.25) is 9.58 Å². The number of nitrogen functional groups attached to an aromatic ring is 1. The summed E-state index contributed by atoms with van der Waals surface area (Å²) in [7, 11) is 0. The summed E-state index contributed by atoms with van der Waals surface area (Å²) in [5.41, 5.74) is 8.16. The predicted octanol–water partition coefficient (Wildman–Crippen LogP) is 3.12. The Hall–Kier alpha value is -2.33. The molecule has 2 aromatic heterocycles. The van der Waals surface area contributed by atoms with E-state index in [2.05, 4.69) is 25.4 Å². The van der Waals surface area contributed by atoms with Crippen LogP contribution in [0.5, 0.6) is 5.75 Å². The van der Waals surface area contributed by atoms with Gasteiger partial charge in [0.15, 0.2) is 11.6 Å². The minimum Gasteiger partial charge on any atom is -0.402 e. The van der Waals surface area contributed by atoms with E-state index in [0.29, 0.717) is 41.2 Å². The number of hydrogen-bond donors (Lipinski definition) is 1. The number of rotatable bonds is 5. The third-order valence-corrected chi connectivity index (χ3v) is 8.32. The van der Waals surface area contributed by atoms with E-state index in [0.717, 1.165) is 32.6 Å². The summed E-state index contributed by atoms with van der Waals surface area (Å²) in [6.45, 7) is 2.75. The number of hydrogen-bond acceptors (Lipinski definition) is 6. The SMILES string of the molecule is Nc1ncc(-c2cc([C@@]34C5C3N(C3COC3)C[C@@H]54)n(C3CCCC3)n2)cc1OC(F)(F)F. The third kappa shape index (κ3) is 2.50. The highest BCUT2D eigenvalue weighted by Gasteiger charge is 2.94. The average molecular weight is 447 g/mol.